The number of ketones is 1. The molecule has 0 unspecified atom stereocenters. The number of alkyl carbamates (subject to hydrolysis) is 2. The van der Waals surface area contributed by atoms with Crippen LogP contribution in [0.1, 0.15) is 57.6 Å². The number of nitrogens with two attached hydrogens (primary N) is 1. The number of hydrogen-bond acceptors (Lipinski definition) is 6. The highest BCUT2D eigenvalue weighted by Crippen LogP contribution is 2.17. The smallest absolute Gasteiger partial charge is 0.408 e. The number of Topliss-reactive ketones (excluding diaryl/α,β-unsaturated/α-hetero) is 1. The molecule has 0 saturated carbocycles. The zero-order chi connectivity index (χ0) is 28.8. The molecule has 2 rings (SSSR count). The van der Waals surface area contributed by atoms with Crippen molar-refractivity contribution in [2.24, 2.45) is 11.7 Å². The first-order chi connectivity index (χ1) is 18.4. The molecule has 2 aromatic rings. The van der Waals surface area contributed by atoms with Crippen molar-refractivity contribution in [3.8, 4) is 0 Å². The molecule has 0 fully saturated rings. The highest BCUT2D eigenvalue weighted by Gasteiger charge is 2.28. The van der Waals surface area contributed by atoms with Gasteiger partial charge in [-0.1, -0.05) is 60.1 Å². The number of primary amides is 1. The largest absolute Gasteiger partial charge is 0.445 e. The second kappa shape index (κ2) is 15.7. The molecule has 0 aliphatic rings. The Morgan fingerprint density at radius 3 is 2.26 bits per heavy atom. The summed E-state index contributed by atoms with van der Waals surface area (Å²) in [5, 5.41) is 5.81. The summed E-state index contributed by atoms with van der Waals surface area (Å²) in [6, 6.07) is 15.5. The standard InChI is InChI=1S/C29H38ClN3O6/c1-29(2,3)39-28(37)33-24(25(34)18-22(26(31)35)17-20-11-5-4-6-12-20)15-9-10-16-32-27(36)38-19-21-13-7-8-14-23(21)30/h4-8,11-14,22,24H,9-10,15-19H2,1-3H3,(H2,31,35)(H,32,36)(H,33,37)/t22-,24+/m1/s1. The number of benzene rings is 2. The van der Waals surface area contributed by atoms with Gasteiger partial charge in [0.2, 0.25) is 5.91 Å². The van der Waals surface area contributed by atoms with Crippen molar-refractivity contribution in [3.63, 3.8) is 0 Å². The van der Waals surface area contributed by atoms with Crippen LogP contribution in [0.3, 0.4) is 0 Å². The second-order valence-electron chi connectivity index (χ2n) is 10.2. The number of rotatable bonds is 14. The van der Waals surface area contributed by atoms with E-state index in [0.29, 0.717) is 42.8 Å². The molecule has 4 N–H and O–H groups in total. The summed E-state index contributed by atoms with van der Waals surface area (Å²) >= 11 is 6.07. The van der Waals surface area contributed by atoms with E-state index in [4.69, 9.17) is 26.8 Å². The van der Waals surface area contributed by atoms with Gasteiger partial charge in [0.25, 0.3) is 0 Å². The van der Waals surface area contributed by atoms with E-state index in [1.54, 1.807) is 45.0 Å². The van der Waals surface area contributed by atoms with E-state index in [2.05, 4.69) is 10.6 Å². The van der Waals surface area contributed by atoms with Crippen LogP contribution < -0.4 is 16.4 Å². The molecule has 0 heterocycles. The van der Waals surface area contributed by atoms with Gasteiger partial charge in [-0.3, -0.25) is 9.59 Å². The van der Waals surface area contributed by atoms with Gasteiger partial charge in [-0.25, -0.2) is 9.59 Å². The first kappa shape index (κ1) is 31.6. The summed E-state index contributed by atoms with van der Waals surface area (Å²) in [5.74, 6) is -1.60. The van der Waals surface area contributed by atoms with Gasteiger partial charge in [0.15, 0.2) is 5.78 Å². The van der Waals surface area contributed by atoms with E-state index in [9.17, 15) is 19.2 Å². The lowest BCUT2D eigenvalue weighted by Crippen LogP contribution is -2.44. The van der Waals surface area contributed by atoms with Crippen LogP contribution in [0, 0.1) is 5.92 Å². The predicted octanol–water partition coefficient (Wildman–Crippen LogP) is 4.93. The molecule has 9 nitrogen and oxygen atoms in total. The first-order valence-corrected chi connectivity index (χ1v) is 13.3. The van der Waals surface area contributed by atoms with Crippen molar-refractivity contribution >= 4 is 35.5 Å². The molecule has 212 valence electrons. The summed E-state index contributed by atoms with van der Waals surface area (Å²) in [7, 11) is 0. The van der Waals surface area contributed by atoms with Crippen molar-refractivity contribution in [2.45, 2.75) is 71.1 Å². The average Bonchev–Trinajstić information content (AvgIpc) is 2.86. The molecule has 0 radical (unpaired) electrons. The topological polar surface area (TPSA) is 137 Å². The fraction of sp³-hybridized carbons (Fsp3) is 0.448. The van der Waals surface area contributed by atoms with E-state index >= 15 is 0 Å². The Labute approximate surface area is 234 Å². The number of hydrogen-bond donors (Lipinski definition) is 3. The minimum atomic E-state index is -0.871. The van der Waals surface area contributed by atoms with Crippen molar-refractivity contribution in [3.05, 3.63) is 70.7 Å². The molecule has 0 aliphatic heterocycles. The van der Waals surface area contributed by atoms with Crippen LogP contribution >= 0.6 is 11.6 Å². The maximum absolute atomic E-state index is 13.2. The lowest BCUT2D eigenvalue weighted by atomic mass is 9.90. The monoisotopic (exact) mass is 559 g/mol. The number of halogens is 1. The molecule has 2 atom stereocenters. The molecule has 0 aliphatic carbocycles. The fourth-order valence-electron chi connectivity index (χ4n) is 3.79. The maximum Gasteiger partial charge on any atom is 0.408 e. The Balaban J connectivity index is 1.89. The third kappa shape index (κ3) is 12.7. The van der Waals surface area contributed by atoms with Crippen LogP contribution in [0.5, 0.6) is 0 Å². The van der Waals surface area contributed by atoms with Crippen LogP contribution in [-0.2, 0) is 32.1 Å². The molecule has 10 heteroatoms. The summed E-state index contributed by atoms with van der Waals surface area (Å²) in [6.45, 7) is 5.53. The third-order valence-electron chi connectivity index (χ3n) is 5.76. The molecule has 0 bridgehead atoms. The molecular formula is C29H38ClN3O6. The van der Waals surface area contributed by atoms with Crippen LogP contribution in [-0.4, -0.2) is 42.1 Å². The van der Waals surface area contributed by atoms with E-state index in [-0.39, 0.29) is 18.8 Å². The molecule has 0 aromatic heterocycles. The zero-order valence-electron chi connectivity index (χ0n) is 22.7. The van der Waals surface area contributed by atoms with Gasteiger partial charge in [-0.05, 0) is 58.1 Å². The summed E-state index contributed by atoms with van der Waals surface area (Å²) in [4.78, 5) is 49.7. The minimum absolute atomic E-state index is 0.0475. The molecule has 0 spiro atoms. The van der Waals surface area contributed by atoms with E-state index in [1.165, 1.54) is 0 Å². The van der Waals surface area contributed by atoms with Crippen LogP contribution in [0.25, 0.3) is 0 Å². The SMILES string of the molecule is CC(C)(C)OC(=O)N[C@@H](CCCCNC(=O)OCc1ccccc1Cl)C(=O)C[C@@H](Cc1ccccc1)C(N)=O. The van der Waals surface area contributed by atoms with Gasteiger partial charge in [0, 0.05) is 29.5 Å². The normalized spacial score (nSPS) is 12.6. The lowest BCUT2D eigenvalue weighted by molar-refractivity contribution is -0.128. The van der Waals surface area contributed by atoms with Gasteiger partial charge in [-0.15, -0.1) is 0 Å². The van der Waals surface area contributed by atoms with E-state index in [0.717, 1.165) is 5.56 Å². The Bertz CT molecular complexity index is 1100. The van der Waals surface area contributed by atoms with Gasteiger partial charge >= 0.3 is 12.2 Å². The van der Waals surface area contributed by atoms with Crippen LogP contribution in [0.15, 0.2) is 54.6 Å². The molecule has 0 saturated heterocycles. The first-order valence-electron chi connectivity index (χ1n) is 12.9. The fourth-order valence-corrected chi connectivity index (χ4v) is 3.98. The van der Waals surface area contributed by atoms with Crippen molar-refractivity contribution in [1.82, 2.24) is 10.6 Å². The Kier molecular flexibility index (Phi) is 12.8. The highest BCUT2D eigenvalue weighted by atomic mass is 35.5. The van der Waals surface area contributed by atoms with Gasteiger partial charge in [0.1, 0.15) is 12.2 Å². The predicted molar refractivity (Wildman–Crippen MR) is 149 cm³/mol. The van der Waals surface area contributed by atoms with Gasteiger partial charge in [-0.2, -0.15) is 0 Å². The summed E-state index contributed by atoms with van der Waals surface area (Å²) < 4.78 is 10.5. The van der Waals surface area contributed by atoms with Gasteiger partial charge in [0.05, 0.1) is 6.04 Å². The average molecular weight is 560 g/mol. The Morgan fingerprint density at radius 1 is 0.949 bits per heavy atom. The van der Waals surface area contributed by atoms with Crippen molar-refractivity contribution < 1.29 is 28.7 Å². The van der Waals surface area contributed by atoms with Crippen LogP contribution in [0.2, 0.25) is 5.02 Å². The van der Waals surface area contributed by atoms with Gasteiger partial charge < -0.3 is 25.8 Å². The molecule has 39 heavy (non-hydrogen) atoms. The third-order valence-corrected chi connectivity index (χ3v) is 6.13. The molecule has 3 amide bonds. The lowest BCUT2D eigenvalue weighted by Gasteiger charge is -2.24. The number of unbranched alkanes of at least 4 members (excludes halogenated alkanes) is 1. The zero-order valence-corrected chi connectivity index (χ0v) is 23.5. The number of carbonyl (C=O) groups excluding carboxylic acids is 4. The Morgan fingerprint density at radius 2 is 1.62 bits per heavy atom. The molecule has 2 aromatic carbocycles. The van der Waals surface area contributed by atoms with Crippen molar-refractivity contribution in [2.75, 3.05) is 6.54 Å². The number of nitrogens with one attached hydrogen (secondary N) is 2. The quantitative estimate of drug-likeness (QED) is 0.281. The number of ether oxygens (including phenoxy) is 2. The maximum atomic E-state index is 13.2. The summed E-state index contributed by atoms with van der Waals surface area (Å²) in [6.07, 6.45) is 0.241. The number of amides is 3. The van der Waals surface area contributed by atoms with E-state index in [1.807, 2.05) is 30.3 Å². The summed E-state index contributed by atoms with van der Waals surface area (Å²) in [5.41, 5.74) is 6.44. The highest BCUT2D eigenvalue weighted by molar-refractivity contribution is 6.31. The minimum Gasteiger partial charge on any atom is -0.445 e. The molecular weight excluding hydrogens is 522 g/mol. The van der Waals surface area contributed by atoms with E-state index < -0.39 is 35.7 Å². The second-order valence-corrected chi connectivity index (χ2v) is 10.7. The van der Waals surface area contributed by atoms with Crippen LogP contribution in [0.4, 0.5) is 9.59 Å². The number of carbonyl (C=O) groups is 4. The Hall–Kier alpha value is -3.59. The van der Waals surface area contributed by atoms with Crippen molar-refractivity contribution in [1.29, 1.82) is 0 Å².